The Kier molecular flexibility index (Phi) is 23.4. The molecular formula is C48H68FN17O10. The smallest absolute Gasteiger partial charge is 0.243 e. The molecule has 3 aromatic rings. The second-order valence-electron chi connectivity index (χ2n) is 18.0. The van der Waals surface area contributed by atoms with E-state index >= 15 is 0 Å². The number of benzene rings is 2. The molecule has 0 bridgehead atoms. The molecule has 7 atom stereocenters. The predicted molar refractivity (Wildman–Crippen MR) is 276 cm³/mol. The molecule has 2 aromatic carbocycles. The molecule has 0 unspecified atom stereocenters. The van der Waals surface area contributed by atoms with E-state index in [9.17, 15) is 52.3 Å². The number of para-hydroxylation sites is 1. The lowest BCUT2D eigenvalue weighted by Crippen LogP contribution is -2.60. The Morgan fingerprint density at radius 1 is 0.711 bits per heavy atom. The summed E-state index contributed by atoms with van der Waals surface area (Å²) in [5.41, 5.74) is 34.8. The molecule has 76 heavy (non-hydrogen) atoms. The molecule has 28 heteroatoms. The highest BCUT2D eigenvalue weighted by Crippen LogP contribution is 2.20. The molecule has 1 aromatic heterocycles. The van der Waals surface area contributed by atoms with Crippen LogP contribution < -0.4 is 76.9 Å². The van der Waals surface area contributed by atoms with Crippen LogP contribution in [0, 0.1) is 5.82 Å². The number of aliphatic imine (C=N–C) groups is 2. The van der Waals surface area contributed by atoms with Gasteiger partial charge in [0, 0.05) is 62.9 Å². The largest absolute Gasteiger partial charge is 0.370 e. The number of amides is 10. The fourth-order valence-electron chi connectivity index (χ4n) is 8.08. The summed E-state index contributed by atoms with van der Waals surface area (Å²) in [6.45, 7) is 1.15. The van der Waals surface area contributed by atoms with Gasteiger partial charge in [-0.3, -0.25) is 57.9 Å². The molecule has 2 heterocycles. The van der Waals surface area contributed by atoms with Gasteiger partial charge in [0.25, 0.3) is 0 Å². The van der Waals surface area contributed by atoms with Crippen LogP contribution in [0.5, 0.6) is 0 Å². The van der Waals surface area contributed by atoms with Crippen LogP contribution in [0.4, 0.5) is 4.39 Å². The zero-order chi connectivity index (χ0) is 55.9. The van der Waals surface area contributed by atoms with Gasteiger partial charge in [-0.05, 0) is 74.3 Å². The first-order valence-corrected chi connectivity index (χ1v) is 24.4. The molecular weight excluding hydrogens is 994 g/mol. The molecule has 0 radical (unpaired) electrons. The quantitative estimate of drug-likeness (QED) is 0.0326. The maximum absolute atomic E-state index is 14.5. The van der Waals surface area contributed by atoms with Crippen LogP contribution in [0.15, 0.2) is 64.7 Å². The maximum Gasteiger partial charge on any atom is 0.243 e. The Morgan fingerprint density at radius 2 is 1.30 bits per heavy atom. The number of nitrogens with zero attached hydrogens (tertiary/aromatic N) is 2. The van der Waals surface area contributed by atoms with E-state index in [1.54, 1.807) is 30.5 Å². The number of carbonyl (C=O) groups excluding carboxylic acids is 10. The highest BCUT2D eigenvalue weighted by molar-refractivity contribution is 5.99. The van der Waals surface area contributed by atoms with Crippen molar-refractivity contribution < 1.29 is 52.3 Å². The Bertz CT molecular complexity index is 2620. The lowest BCUT2D eigenvalue weighted by Gasteiger charge is -2.28. The number of carbonyl (C=O) groups is 10. The summed E-state index contributed by atoms with van der Waals surface area (Å²) in [5, 5.41) is 21.1. The fourth-order valence-corrected chi connectivity index (χ4v) is 8.08. The monoisotopic (exact) mass is 1060 g/mol. The van der Waals surface area contributed by atoms with Crippen LogP contribution >= 0.6 is 0 Å². The number of primary amides is 2. The van der Waals surface area contributed by atoms with Crippen LogP contribution in [0.3, 0.4) is 0 Å². The Balaban J connectivity index is 1.79. The number of aromatic amines is 1. The van der Waals surface area contributed by atoms with E-state index in [1.807, 2.05) is 0 Å². The molecule has 1 saturated heterocycles. The Labute approximate surface area is 436 Å². The van der Waals surface area contributed by atoms with Crippen molar-refractivity contribution in [3.8, 4) is 0 Å². The SMILES string of the molecule is CC(=O)N[C@@H](CCCN=C(N)N)C(=O)N[C@H]1CCC(=O)NCCC[C@@H](C(N)=O)NC(=O)[C@H](Cc2c[nH]c3ccccc23)NC(=O)[C@H](CCCN=C(N)N)NC(=O)[C@@H](Cc2ccc(F)cc2)NC(=O)[C@H](CC(N)=O)NC1=O. The number of guanidine groups is 2. The van der Waals surface area contributed by atoms with Gasteiger partial charge in [-0.2, -0.15) is 0 Å². The highest BCUT2D eigenvalue weighted by Gasteiger charge is 2.35. The van der Waals surface area contributed by atoms with E-state index in [1.165, 1.54) is 12.1 Å². The van der Waals surface area contributed by atoms with Gasteiger partial charge in [0.1, 0.15) is 48.1 Å². The summed E-state index contributed by atoms with van der Waals surface area (Å²) in [4.78, 5) is 147. The summed E-state index contributed by atoms with van der Waals surface area (Å²) in [7, 11) is 0. The van der Waals surface area contributed by atoms with E-state index in [0.29, 0.717) is 16.5 Å². The number of hydrogen-bond donors (Lipinski definition) is 15. The molecule has 1 aliphatic heterocycles. The van der Waals surface area contributed by atoms with E-state index in [4.69, 9.17) is 34.4 Å². The number of H-pyrrole nitrogens is 1. The maximum atomic E-state index is 14.5. The third-order valence-electron chi connectivity index (χ3n) is 11.9. The van der Waals surface area contributed by atoms with E-state index in [2.05, 4.69) is 57.5 Å². The molecule has 0 spiro atoms. The van der Waals surface area contributed by atoms with Crippen molar-refractivity contribution in [2.75, 3.05) is 19.6 Å². The molecule has 1 fully saturated rings. The van der Waals surface area contributed by atoms with Crippen molar-refractivity contribution in [2.45, 2.75) is 120 Å². The number of nitrogens with one attached hydrogen (secondary N) is 9. The molecule has 412 valence electrons. The van der Waals surface area contributed by atoms with Crippen LogP contribution in [-0.4, -0.2) is 138 Å². The van der Waals surface area contributed by atoms with E-state index in [-0.39, 0.29) is 82.9 Å². The number of hydrogen-bond acceptors (Lipinski definition) is 12. The van der Waals surface area contributed by atoms with E-state index < -0.39 is 126 Å². The summed E-state index contributed by atoms with van der Waals surface area (Å²) in [6, 6.07) is 1.45. The normalized spacial score (nSPS) is 20.9. The number of fused-ring (bicyclic) bond motifs is 1. The van der Waals surface area contributed by atoms with E-state index in [0.717, 1.165) is 24.6 Å². The molecule has 0 aliphatic carbocycles. The van der Waals surface area contributed by atoms with Gasteiger partial charge < -0.3 is 81.9 Å². The minimum atomic E-state index is -1.84. The Hall–Kier alpha value is -8.85. The summed E-state index contributed by atoms with van der Waals surface area (Å²) >= 11 is 0. The highest BCUT2D eigenvalue weighted by atomic mass is 19.1. The van der Waals surface area contributed by atoms with Gasteiger partial charge in [0.2, 0.25) is 59.1 Å². The Morgan fingerprint density at radius 3 is 1.95 bits per heavy atom. The first-order chi connectivity index (χ1) is 36.1. The zero-order valence-electron chi connectivity index (χ0n) is 42.0. The van der Waals surface area contributed by atoms with Gasteiger partial charge in [0.05, 0.1) is 6.42 Å². The van der Waals surface area contributed by atoms with Crippen LogP contribution in [0.2, 0.25) is 0 Å². The molecule has 21 N–H and O–H groups in total. The van der Waals surface area contributed by atoms with Gasteiger partial charge in [-0.15, -0.1) is 0 Å². The number of nitrogens with two attached hydrogens (primary N) is 6. The second kappa shape index (κ2) is 29.7. The van der Waals surface area contributed by atoms with Crippen LogP contribution in [0.1, 0.15) is 75.8 Å². The van der Waals surface area contributed by atoms with Crippen molar-refractivity contribution in [1.29, 1.82) is 0 Å². The first kappa shape index (κ1) is 59.7. The summed E-state index contributed by atoms with van der Waals surface area (Å²) in [5.74, 6) is -10.2. The third kappa shape index (κ3) is 20.2. The number of aromatic nitrogens is 1. The minimum absolute atomic E-state index is 0.0129. The average molecular weight is 1060 g/mol. The summed E-state index contributed by atoms with van der Waals surface area (Å²) < 4.78 is 14.1. The number of rotatable bonds is 18. The fraction of sp³-hybridized carbons (Fsp3) is 0.458. The van der Waals surface area contributed by atoms with Crippen molar-refractivity contribution in [1.82, 2.24) is 47.5 Å². The topological polar surface area (TPSA) is 464 Å². The average Bonchev–Trinajstić information content (AvgIpc) is 3.76. The predicted octanol–water partition coefficient (Wildman–Crippen LogP) is -4.34. The molecule has 0 saturated carbocycles. The molecule has 27 nitrogen and oxygen atoms in total. The van der Waals surface area contributed by atoms with Gasteiger partial charge in [-0.25, -0.2) is 4.39 Å². The van der Waals surface area contributed by atoms with Crippen LogP contribution in [0.25, 0.3) is 10.9 Å². The van der Waals surface area contributed by atoms with Crippen molar-refractivity contribution in [3.05, 3.63) is 71.7 Å². The molecule has 4 rings (SSSR count). The van der Waals surface area contributed by atoms with Gasteiger partial charge in [0.15, 0.2) is 11.9 Å². The lowest BCUT2D eigenvalue weighted by atomic mass is 10.0. The van der Waals surface area contributed by atoms with Crippen molar-refractivity contribution in [3.63, 3.8) is 0 Å². The molecule has 10 amide bonds. The third-order valence-corrected chi connectivity index (χ3v) is 11.9. The first-order valence-electron chi connectivity index (χ1n) is 24.4. The van der Waals surface area contributed by atoms with Crippen molar-refractivity contribution in [2.24, 2.45) is 44.4 Å². The van der Waals surface area contributed by atoms with Crippen molar-refractivity contribution >= 4 is 81.9 Å². The molecule has 1 aliphatic rings. The second-order valence-corrected chi connectivity index (χ2v) is 18.0. The van der Waals surface area contributed by atoms with Gasteiger partial charge in [-0.1, -0.05) is 30.3 Å². The lowest BCUT2D eigenvalue weighted by molar-refractivity contribution is -0.136. The minimum Gasteiger partial charge on any atom is -0.370 e. The van der Waals surface area contributed by atoms with Crippen LogP contribution in [-0.2, 0) is 60.8 Å². The number of halogens is 1. The van der Waals surface area contributed by atoms with Gasteiger partial charge >= 0.3 is 0 Å². The zero-order valence-corrected chi connectivity index (χ0v) is 42.0. The standard InChI is InChI=1S/C48H68FN17O10/c1-25(67)60-32(10-5-19-57-47(52)53)41(71)63-34-16-17-39(69)56-18-4-9-31(40(51)70)61-45(75)36(22-27-24-59-30-8-3-2-7-29(27)30)65-42(72)33(11-6-20-58-48(54)55)62-44(74)35(21-26-12-14-28(49)15-13-26)64-46(76)37(23-38(50)68)66-43(34)73/h2-3,7-8,12-15,24,31-37,59H,4-6,9-11,16-23H2,1H3,(H2,50,68)(H2,51,70)(H,56,69)(H,60,67)(H,61,75)(H,62,74)(H,63,71)(H,64,76)(H,65,72)(H,66,73)(H4,52,53,57)(H4,54,55,58)/t31-,32-,33-,34-,35+,36-,37-/m0/s1. The summed E-state index contributed by atoms with van der Waals surface area (Å²) in [6.07, 6.45) is -0.482.